The fraction of sp³-hybridized carbons (Fsp3) is 0.583. The minimum Gasteiger partial charge on any atom is -0.477 e. The molecule has 0 bridgehead atoms. The lowest BCUT2D eigenvalue weighted by Gasteiger charge is -2.17. The first-order valence-corrected chi connectivity index (χ1v) is 6.94. The molecule has 7 nitrogen and oxygen atoms in total. The van der Waals surface area contributed by atoms with E-state index < -0.39 is 5.97 Å². The average Bonchev–Trinajstić information content (AvgIpc) is 2.77. The number of hydrogen-bond donors (Lipinski definition) is 2. The molecule has 0 aliphatic rings. The molecule has 0 unspecified atom stereocenters. The van der Waals surface area contributed by atoms with Crippen molar-refractivity contribution in [2.45, 2.75) is 19.9 Å². The normalized spacial score (nSPS) is 10.3. The zero-order valence-electron chi connectivity index (χ0n) is 11.8. The summed E-state index contributed by atoms with van der Waals surface area (Å²) in [6.07, 6.45) is 0.764. The Hall–Kier alpha value is -1.67. The number of urea groups is 1. The van der Waals surface area contributed by atoms with Crippen LogP contribution in [0.1, 0.15) is 26.8 Å². The molecule has 1 heterocycles. The van der Waals surface area contributed by atoms with Crippen LogP contribution in [0.15, 0.2) is 0 Å². The number of carbonyl (C=O) groups is 2. The number of aromatic nitrogens is 1. The molecule has 2 N–H and O–H groups in total. The summed E-state index contributed by atoms with van der Waals surface area (Å²) >= 11 is 1.08. The molecule has 20 heavy (non-hydrogen) atoms. The minimum atomic E-state index is -0.991. The first-order valence-electron chi connectivity index (χ1n) is 6.13. The Morgan fingerprint density at radius 3 is 2.75 bits per heavy atom. The van der Waals surface area contributed by atoms with E-state index in [1.54, 1.807) is 26.0 Å². The van der Waals surface area contributed by atoms with Crippen molar-refractivity contribution in [3.05, 3.63) is 15.6 Å². The summed E-state index contributed by atoms with van der Waals surface area (Å²) in [4.78, 5) is 28.5. The smallest absolute Gasteiger partial charge is 0.347 e. The molecule has 1 rings (SSSR count). The molecule has 0 atom stereocenters. The highest BCUT2D eigenvalue weighted by atomic mass is 32.1. The van der Waals surface area contributed by atoms with E-state index in [0.717, 1.165) is 17.8 Å². The molecule has 0 fully saturated rings. The summed E-state index contributed by atoms with van der Waals surface area (Å²) in [6, 6.07) is -0.217. The van der Waals surface area contributed by atoms with E-state index in [1.165, 1.54) is 0 Å². The highest BCUT2D eigenvalue weighted by molar-refractivity contribution is 7.13. The topological polar surface area (TPSA) is 91.8 Å². The number of aromatic carboxylic acids is 1. The molecule has 0 radical (unpaired) electrons. The lowest BCUT2D eigenvalue weighted by atomic mass is 10.4. The first-order chi connectivity index (χ1) is 9.45. The molecular formula is C12H19N3O4S. The Bertz CT molecular complexity index is 475. The lowest BCUT2D eigenvalue weighted by Crippen LogP contribution is -2.37. The van der Waals surface area contributed by atoms with Crippen LogP contribution < -0.4 is 5.32 Å². The van der Waals surface area contributed by atoms with Crippen molar-refractivity contribution in [1.29, 1.82) is 0 Å². The van der Waals surface area contributed by atoms with Gasteiger partial charge in [0, 0.05) is 27.3 Å². The Kier molecular flexibility index (Phi) is 6.40. The van der Waals surface area contributed by atoms with Crippen molar-refractivity contribution < 1.29 is 19.4 Å². The Morgan fingerprint density at radius 2 is 2.20 bits per heavy atom. The van der Waals surface area contributed by atoms with Gasteiger partial charge in [0.15, 0.2) is 0 Å². The summed E-state index contributed by atoms with van der Waals surface area (Å²) in [5.41, 5.74) is 0.472. The Labute approximate surface area is 121 Å². The van der Waals surface area contributed by atoms with E-state index in [9.17, 15) is 9.59 Å². The number of aryl methyl sites for hydroxylation is 1. The number of carboxylic acids is 1. The molecule has 112 valence electrons. The minimum absolute atomic E-state index is 0.211. The van der Waals surface area contributed by atoms with Crippen LogP contribution >= 0.6 is 11.3 Å². The van der Waals surface area contributed by atoms with Gasteiger partial charge in [-0.1, -0.05) is 0 Å². The lowest BCUT2D eigenvalue weighted by molar-refractivity contribution is 0.0701. The summed E-state index contributed by atoms with van der Waals surface area (Å²) in [5.74, 6) is -0.991. The van der Waals surface area contributed by atoms with Crippen LogP contribution in [-0.4, -0.2) is 54.3 Å². The molecule has 8 heteroatoms. The van der Waals surface area contributed by atoms with Gasteiger partial charge in [-0.15, -0.1) is 11.3 Å². The number of hydrogen-bond acceptors (Lipinski definition) is 5. The Morgan fingerprint density at radius 1 is 1.50 bits per heavy atom. The van der Waals surface area contributed by atoms with E-state index in [2.05, 4.69) is 10.3 Å². The molecule has 0 aliphatic carbocycles. The summed E-state index contributed by atoms with van der Waals surface area (Å²) in [5, 5.41) is 12.2. The zero-order valence-corrected chi connectivity index (χ0v) is 12.6. The maximum atomic E-state index is 11.8. The average molecular weight is 301 g/mol. The van der Waals surface area contributed by atoms with Gasteiger partial charge in [-0.25, -0.2) is 14.6 Å². The maximum absolute atomic E-state index is 11.8. The van der Waals surface area contributed by atoms with Gasteiger partial charge in [0.05, 0.1) is 12.2 Å². The number of amides is 2. The van der Waals surface area contributed by atoms with Gasteiger partial charge in [0.2, 0.25) is 0 Å². The van der Waals surface area contributed by atoms with E-state index >= 15 is 0 Å². The monoisotopic (exact) mass is 301 g/mol. The standard InChI is InChI=1S/C12H19N3O4S/c1-8-10(11(16)17)20-9(14-8)7-13-12(18)15(2)5-4-6-19-3/h4-7H2,1-3H3,(H,13,18)(H,16,17). The third kappa shape index (κ3) is 4.78. The maximum Gasteiger partial charge on any atom is 0.347 e. The number of carboxylic acid groups (broad SMARTS) is 1. The third-order valence-electron chi connectivity index (χ3n) is 2.61. The van der Waals surface area contributed by atoms with E-state index in [4.69, 9.17) is 9.84 Å². The van der Waals surface area contributed by atoms with Crippen LogP contribution in [0.25, 0.3) is 0 Å². The van der Waals surface area contributed by atoms with Gasteiger partial charge in [0.1, 0.15) is 9.88 Å². The van der Waals surface area contributed by atoms with Gasteiger partial charge >= 0.3 is 12.0 Å². The number of rotatable bonds is 7. The molecule has 0 saturated heterocycles. The van der Waals surface area contributed by atoms with Gasteiger partial charge in [0.25, 0.3) is 0 Å². The van der Waals surface area contributed by atoms with Crippen molar-refractivity contribution in [3.63, 3.8) is 0 Å². The van der Waals surface area contributed by atoms with Crippen molar-refractivity contribution >= 4 is 23.3 Å². The molecule has 2 amide bonds. The second-order valence-electron chi connectivity index (χ2n) is 4.25. The van der Waals surface area contributed by atoms with Crippen LogP contribution in [-0.2, 0) is 11.3 Å². The molecule has 1 aromatic rings. The van der Waals surface area contributed by atoms with Crippen LogP contribution in [0, 0.1) is 6.92 Å². The fourth-order valence-corrected chi connectivity index (χ4v) is 2.40. The quantitative estimate of drug-likeness (QED) is 0.741. The van der Waals surface area contributed by atoms with Gasteiger partial charge in [-0.05, 0) is 13.3 Å². The first kappa shape index (κ1) is 16.4. The SMILES string of the molecule is COCCCN(C)C(=O)NCc1nc(C)c(C(=O)O)s1. The van der Waals surface area contributed by atoms with Gasteiger partial charge < -0.3 is 20.1 Å². The van der Waals surface area contributed by atoms with Crippen LogP contribution in [0.5, 0.6) is 0 Å². The largest absolute Gasteiger partial charge is 0.477 e. The van der Waals surface area contributed by atoms with Crippen molar-refractivity contribution in [2.75, 3.05) is 27.3 Å². The predicted octanol–water partition coefficient (Wildman–Crippen LogP) is 1.33. The highest BCUT2D eigenvalue weighted by Gasteiger charge is 2.15. The van der Waals surface area contributed by atoms with Gasteiger partial charge in [-0.3, -0.25) is 0 Å². The van der Waals surface area contributed by atoms with Crippen molar-refractivity contribution in [3.8, 4) is 0 Å². The number of thiazole rings is 1. The third-order valence-corrected chi connectivity index (χ3v) is 3.76. The van der Waals surface area contributed by atoms with Crippen molar-refractivity contribution in [1.82, 2.24) is 15.2 Å². The molecule has 0 spiro atoms. The van der Waals surface area contributed by atoms with Crippen molar-refractivity contribution in [2.24, 2.45) is 0 Å². The molecule has 1 aromatic heterocycles. The zero-order chi connectivity index (χ0) is 15.1. The predicted molar refractivity (Wildman–Crippen MR) is 75.2 cm³/mol. The Balaban J connectivity index is 2.44. The van der Waals surface area contributed by atoms with Crippen LogP contribution in [0.2, 0.25) is 0 Å². The second-order valence-corrected chi connectivity index (χ2v) is 5.34. The fourth-order valence-electron chi connectivity index (χ4n) is 1.56. The number of ether oxygens (including phenoxy) is 1. The van der Waals surface area contributed by atoms with Crippen LogP contribution in [0.3, 0.4) is 0 Å². The molecule has 0 saturated carbocycles. The van der Waals surface area contributed by atoms with Crippen LogP contribution in [0.4, 0.5) is 4.79 Å². The number of nitrogens with zero attached hydrogens (tertiary/aromatic N) is 2. The summed E-state index contributed by atoms with van der Waals surface area (Å²) in [7, 11) is 3.31. The van der Waals surface area contributed by atoms with Gasteiger partial charge in [-0.2, -0.15) is 0 Å². The number of methoxy groups -OCH3 is 1. The van der Waals surface area contributed by atoms with E-state index in [1.807, 2.05) is 0 Å². The summed E-state index contributed by atoms with van der Waals surface area (Å²) < 4.78 is 4.92. The van der Waals surface area contributed by atoms with E-state index in [0.29, 0.717) is 23.9 Å². The molecule has 0 aliphatic heterocycles. The summed E-state index contributed by atoms with van der Waals surface area (Å²) in [6.45, 7) is 3.07. The number of carbonyl (C=O) groups excluding carboxylic acids is 1. The van der Waals surface area contributed by atoms with E-state index in [-0.39, 0.29) is 17.5 Å². The molecular weight excluding hydrogens is 282 g/mol. The molecule has 0 aromatic carbocycles. The second kappa shape index (κ2) is 7.81. The number of nitrogens with one attached hydrogen (secondary N) is 1. The highest BCUT2D eigenvalue weighted by Crippen LogP contribution is 2.17.